The first kappa shape index (κ1) is 14.9. The van der Waals surface area contributed by atoms with Crippen LogP contribution in [0.3, 0.4) is 0 Å². The van der Waals surface area contributed by atoms with Crippen LogP contribution in [0.5, 0.6) is 5.75 Å². The van der Waals surface area contributed by atoms with E-state index in [1.54, 1.807) is 7.11 Å². The van der Waals surface area contributed by atoms with Crippen molar-refractivity contribution in [2.75, 3.05) is 33.4 Å². The van der Waals surface area contributed by atoms with Gasteiger partial charge in [-0.3, -0.25) is 0 Å². The minimum atomic E-state index is 0.702. The highest BCUT2D eigenvalue weighted by Gasteiger charge is 2.05. The molecule has 0 aliphatic heterocycles. The van der Waals surface area contributed by atoms with Crippen LogP contribution in [0, 0.1) is 0 Å². The molecule has 4 heteroatoms. The summed E-state index contributed by atoms with van der Waals surface area (Å²) in [6.45, 7) is 6.42. The maximum absolute atomic E-state index is 5.66. The quantitative estimate of drug-likeness (QED) is 0.715. The van der Waals surface area contributed by atoms with Gasteiger partial charge in [0.05, 0.1) is 18.7 Å². The summed E-state index contributed by atoms with van der Waals surface area (Å²) in [6, 6.07) is 8.37. The molecule has 2 rings (SSSR count). The highest BCUT2D eigenvalue weighted by Crippen LogP contribution is 2.26. The van der Waals surface area contributed by atoms with Crippen molar-refractivity contribution in [1.82, 2.24) is 9.88 Å². The van der Waals surface area contributed by atoms with E-state index in [1.807, 2.05) is 13.0 Å². The van der Waals surface area contributed by atoms with E-state index in [-0.39, 0.29) is 0 Å². The predicted octanol–water partition coefficient (Wildman–Crippen LogP) is 2.67. The second-order valence-electron chi connectivity index (χ2n) is 4.73. The van der Waals surface area contributed by atoms with Crippen LogP contribution in [0.15, 0.2) is 30.5 Å². The number of aryl methyl sites for hydroxylation is 1. The van der Waals surface area contributed by atoms with Gasteiger partial charge < -0.3 is 19.4 Å². The van der Waals surface area contributed by atoms with Gasteiger partial charge in [-0.2, -0.15) is 0 Å². The zero-order valence-corrected chi connectivity index (χ0v) is 12.4. The Bertz CT molecular complexity index is 522. The molecule has 1 heterocycles. The molecule has 0 saturated heterocycles. The first-order valence-electron chi connectivity index (χ1n) is 7.27. The second-order valence-corrected chi connectivity index (χ2v) is 4.73. The van der Waals surface area contributed by atoms with E-state index in [9.17, 15) is 0 Å². The highest BCUT2D eigenvalue weighted by molar-refractivity contribution is 5.86. The van der Waals surface area contributed by atoms with Gasteiger partial charge in [0, 0.05) is 31.8 Å². The Labute approximate surface area is 120 Å². The third-order valence-corrected chi connectivity index (χ3v) is 3.31. The lowest BCUT2D eigenvalue weighted by Crippen LogP contribution is -2.21. The number of nitrogens with zero attached hydrogens (tertiary/aromatic N) is 1. The van der Waals surface area contributed by atoms with Crippen LogP contribution in [0.2, 0.25) is 0 Å². The summed E-state index contributed by atoms with van der Waals surface area (Å²) < 4.78 is 13.0. The SMILES string of the molecule is CCOc1cccc2c1ccn2CCCNCCOC. The smallest absolute Gasteiger partial charge is 0.128 e. The summed E-state index contributed by atoms with van der Waals surface area (Å²) in [4.78, 5) is 0. The van der Waals surface area contributed by atoms with Crippen LogP contribution in [-0.2, 0) is 11.3 Å². The van der Waals surface area contributed by atoms with Crippen LogP contribution >= 0.6 is 0 Å². The summed E-state index contributed by atoms with van der Waals surface area (Å²) in [7, 11) is 1.73. The molecule has 0 radical (unpaired) electrons. The molecule has 4 nitrogen and oxygen atoms in total. The molecule has 0 fully saturated rings. The van der Waals surface area contributed by atoms with Gasteiger partial charge >= 0.3 is 0 Å². The van der Waals surface area contributed by atoms with Crippen molar-refractivity contribution in [2.24, 2.45) is 0 Å². The third-order valence-electron chi connectivity index (χ3n) is 3.31. The van der Waals surface area contributed by atoms with Crippen molar-refractivity contribution in [1.29, 1.82) is 0 Å². The fourth-order valence-electron chi connectivity index (χ4n) is 2.35. The van der Waals surface area contributed by atoms with Gasteiger partial charge in [-0.25, -0.2) is 0 Å². The molecule has 20 heavy (non-hydrogen) atoms. The molecular weight excluding hydrogens is 252 g/mol. The van der Waals surface area contributed by atoms with E-state index in [2.05, 4.69) is 34.3 Å². The number of fused-ring (bicyclic) bond motifs is 1. The number of hydrogen-bond donors (Lipinski definition) is 1. The normalized spacial score (nSPS) is 11.1. The Balaban J connectivity index is 1.92. The Morgan fingerprint density at radius 1 is 1.20 bits per heavy atom. The van der Waals surface area contributed by atoms with Gasteiger partial charge in [-0.05, 0) is 38.1 Å². The van der Waals surface area contributed by atoms with E-state index in [4.69, 9.17) is 9.47 Å². The van der Waals surface area contributed by atoms with Gasteiger partial charge in [0.2, 0.25) is 0 Å². The van der Waals surface area contributed by atoms with Crippen molar-refractivity contribution in [3.8, 4) is 5.75 Å². The number of hydrogen-bond acceptors (Lipinski definition) is 3. The molecule has 0 atom stereocenters. The number of ether oxygens (including phenoxy) is 2. The standard InChI is InChI=1S/C16H24N2O2/c1-3-20-16-7-4-6-15-14(16)8-12-18(15)11-5-9-17-10-13-19-2/h4,6-8,12,17H,3,5,9-11,13H2,1-2H3. The lowest BCUT2D eigenvalue weighted by atomic mass is 10.2. The maximum atomic E-state index is 5.66. The third kappa shape index (κ3) is 3.74. The number of aromatic nitrogens is 1. The average molecular weight is 276 g/mol. The zero-order valence-electron chi connectivity index (χ0n) is 12.4. The zero-order chi connectivity index (χ0) is 14.2. The molecule has 0 unspecified atom stereocenters. The molecule has 0 saturated carbocycles. The summed E-state index contributed by atoms with van der Waals surface area (Å²) in [5.41, 5.74) is 1.24. The molecule has 1 aromatic carbocycles. The molecule has 0 bridgehead atoms. The molecule has 0 spiro atoms. The van der Waals surface area contributed by atoms with Crippen molar-refractivity contribution >= 4 is 10.9 Å². The van der Waals surface area contributed by atoms with Crippen LogP contribution in [0.4, 0.5) is 0 Å². The average Bonchev–Trinajstić information content (AvgIpc) is 2.87. The Morgan fingerprint density at radius 2 is 2.10 bits per heavy atom. The number of benzene rings is 1. The predicted molar refractivity (Wildman–Crippen MR) is 82.5 cm³/mol. The van der Waals surface area contributed by atoms with Crippen LogP contribution in [0.25, 0.3) is 10.9 Å². The molecule has 2 aromatic rings. The monoisotopic (exact) mass is 276 g/mol. The largest absolute Gasteiger partial charge is 0.493 e. The Kier molecular flexibility index (Phi) is 5.89. The van der Waals surface area contributed by atoms with Crippen LogP contribution in [-0.4, -0.2) is 38.0 Å². The maximum Gasteiger partial charge on any atom is 0.128 e. The number of nitrogens with one attached hydrogen (secondary N) is 1. The minimum absolute atomic E-state index is 0.702. The van der Waals surface area contributed by atoms with E-state index in [1.165, 1.54) is 10.9 Å². The van der Waals surface area contributed by atoms with Gasteiger partial charge in [-0.1, -0.05) is 6.07 Å². The molecular formula is C16H24N2O2. The van der Waals surface area contributed by atoms with Crippen molar-refractivity contribution in [2.45, 2.75) is 19.9 Å². The van der Waals surface area contributed by atoms with E-state index in [0.717, 1.165) is 38.4 Å². The molecule has 110 valence electrons. The van der Waals surface area contributed by atoms with Gasteiger partial charge in [-0.15, -0.1) is 0 Å². The van der Waals surface area contributed by atoms with Crippen molar-refractivity contribution < 1.29 is 9.47 Å². The fraction of sp³-hybridized carbons (Fsp3) is 0.500. The van der Waals surface area contributed by atoms with Crippen LogP contribution < -0.4 is 10.1 Å². The Morgan fingerprint density at radius 3 is 2.90 bits per heavy atom. The topological polar surface area (TPSA) is 35.4 Å². The highest BCUT2D eigenvalue weighted by atomic mass is 16.5. The summed E-state index contributed by atoms with van der Waals surface area (Å²) >= 11 is 0. The summed E-state index contributed by atoms with van der Waals surface area (Å²) in [6.07, 6.45) is 3.24. The fourth-order valence-corrected chi connectivity index (χ4v) is 2.35. The van der Waals surface area contributed by atoms with Crippen molar-refractivity contribution in [3.05, 3.63) is 30.5 Å². The second kappa shape index (κ2) is 7.92. The van der Waals surface area contributed by atoms with E-state index in [0.29, 0.717) is 6.61 Å². The van der Waals surface area contributed by atoms with Crippen molar-refractivity contribution in [3.63, 3.8) is 0 Å². The summed E-state index contributed by atoms with van der Waals surface area (Å²) in [5.74, 6) is 0.974. The van der Waals surface area contributed by atoms with Gasteiger partial charge in [0.1, 0.15) is 5.75 Å². The molecule has 0 amide bonds. The molecule has 1 N–H and O–H groups in total. The Hall–Kier alpha value is -1.52. The van der Waals surface area contributed by atoms with E-state index >= 15 is 0 Å². The number of rotatable bonds is 9. The molecule has 0 aliphatic carbocycles. The van der Waals surface area contributed by atoms with E-state index < -0.39 is 0 Å². The molecule has 0 aliphatic rings. The lowest BCUT2D eigenvalue weighted by molar-refractivity contribution is 0.199. The number of methoxy groups -OCH3 is 1. The minimum Gasteiger partial charge on any atom is -0.493 e. The van der Waals surface area contributed by atoms with Gasteiger partial charge in [0.25, 0.3) is 0 Å². The lowest BCUT2D eigenvalue weighted by Gasteiger charge is -2.08. The summed E-state index contributed by atoms with van der Waals surface area (Å²) in [5, 5.41) is 4.56. The van der Waals surface area contributed by atoms with Gasteiger partial charge in [0.15, 0.2) is 0 Å². The first-order valence-corrected chi connectivity index (χ1v) is 7.27. The molecule has 1 aromatic heterocycles. The first-order chi connectivity index (χ1) is 9.86. The van der Waals surface area contributed by atoms with Crippen LogP contribution in [0.1, 0.15) is 13.3 Å².